The van der Waals surface area contributed by atoms with Crippen molar-refractivity contribution in [3.05, 3.63) is 12.2 Å². The molecule has 0 aromatic heterocycles. The maximum atomic E-state index is 12.0. The van der Waals surface area contributed by atoms with Gasteiger partial charge in [-0.2, -0.15) is 0 Å². The molecule has 0 aliphatic rings. The van der Waals surface area contributed by atoms with Gasteiger partial charge in [0, 0.05) is 6.42 Å². The molecule has 0 unspecified atom stereocenters. The summed E-state index contributed by atoms with van der Waals surface area (Å²) in [6.45, 7) is 7.58. The number of ether oxygens (including phenoxy) is 1. The lowest BCUT2D eigenvalue weighted by Crippen LogP contribution is -2.05. The summed E-state index contributed by atoms with van der Waals surface area (Å²) >= 11 is 0. The van der Waals surface area contributed by atoms with Crippen LogP contribution in [0.25, 0.3) is 0 Å². The lowest BCUT2D eigenvalue weighted by atomic mass is 10.0. The van der Waals surface area contributed by atoms with Gasteiger partial charge < -0.3 is 4.74 Å². The van der Waals surface area contributed by atoms with Gasteiger partial charge in [-0.25, -0.2) is 0 Å². The van der Waals surface area contributed by atoms with E-state index in [0.29, 0.717) is 13.0 Å². The molecular formula is C55H108O2. The first-order valence-corrected chi connectivity index (χ1v) is 27.0. The fourth-order valence-corrected chi connectivity index (χ4v) is 8.54. The van der Waals surface area contributed by atoms with Gasteiger partial charge in [0.05, 0.1) is 6.61 Å². The van der Waals surface area contributed by atoms with Gasteiger partial charge in [-0.15, -0.1) is 0 Å². The molecule has 0 heterocycles. The number of rotatable bonds is 50. The fraction of sp³-hybridized carbons (Fsp3) is 0.945. The first-order valence-electron chi connectivity index (χ1n) is 27.0. The lowest BCUT2D eigenvalue weighted by molar-refractivity contribution is -0.143. The second-order valence-corrected chi connectivity index (χ2v) is 19.1. The van der Waals surface area contributed by atoms with Crippen LogP contribution in [0.4, 0.5) is 0 Å². The van der Waals surface area contributed by atoms with Crippen LogP contribution < -0.4 is 0 Å². The Bertz CT molecular complexity index is 756. The smallest absolute Gasteiger partial charge is 0.305 e. The maximum Gasteiger partial charge on any atom is 0.305 e. The van der Waals surface area contributed by atoms with E-state index in [1.54, 1.807) is 0 Å². The van der Waals surface area contributed by atoms with E-state index in [-0.39, 0.29) is 5.97 Å². The predicted octanol–water partition coefficient (Wildman–Crippen LogP) is 20.1. The van der Waals surface area contributed by atoms with Crippen molar-refractivity contribution in [1.82, 2.24) is 0 Å². The van der Waals surface area contributed by atoms with Crippen molar-refractivity contribution in [2.75, 3.05) is 6.61 Å². The lowest BCUT2D eigenvalue weighted by Gasteiger charge is -2.06. The van der Waals surface area contributed by atoms with Gasteiger partial charge in [-0.05, 0) is 38.0 Å². The molecule has 0 saturated heterocycles. The predicted molar refractivity (Wildman–Crippen MR) is 258 cm³/mol. The number of esters is 1. The molecule has 0 aliphatic heterocycles. The van der Waals surface area contributed by atoms with Gasteiger partial charge in [0.25, 0.3) is 0 Å². The molecule has 2 nitrogen and oxygen atoms in total. The minimum Gasteiger partial charge on any atom is -0.466 e. The number of carbonyl (C=O) groups is 1. The molecule has 0 saturated carbocycles. The second-order valence-electron chi connectivity index (χ2n) is 19.1. The van der Waals surface area contributed by atoms with Gasteiger partial charge in [-0.3, -0.25) is 4.79 Å². The van der Waals surface area contributed by atoms with Crippen LogP contribution in [0.1, 0.15) is 323 Å². The molecule has 0 amide bonds. The molecule has 0 bridgehead atoms. The minimum atomic E-state index is 0.0188. The van der Waals surface area contributed by atoms with Gasteiger partial charge in [0.2, 0.25) is 0 Å². The van der Waals surface area contributed by atoms with E-state index >= 15 is 0 Å². The van der Waals surface area contributed by atoms with Crippen molar-refractivity contribution in [2.45, 2.75) is 323 Å². The molecule has 0 aromatic carbocycles. The van der Waals surface area contributed by atoms with Crippen molar-refractivity contribution >= 4 is 5.97 Å². The maximum absolute atomic E-state index is 12.0. The first kappa shape index (κ1) is 56.2. The van der Waals surface area contributed by atoms with E-state index in [9.17, 15) is 4.79 Å². The average Bonchev–Trinajstić information content (AvgIpc) is 3.20. The van der Waals surface area contributed by atoms with Crippen molar-refractivity contribution in [3.63, 3.8) is 0 Å². The molecular weight excluding hydrogens is 693 g/mol. The van der Waals surface area contributed by atoms with E-state index < -0.39 is 0 Å². The summed E-state index contributed by atoms with van der Waals surface area (Å²) in [5, 5.41) is 0. The number of hydrogen-bond acceptors (Lipinski definition) is 2. The number of unbranched alkanes of at least 4 members (excludes halogenated alkanes) is 42. The van der Waals surface area contributed by atoms with E-state index in [1.807, 2.05) is 0 Å². The Labute approximate surface area is 361 Å². The monoisotopic (exact) mass is 801 g/mol. The highest BCUT2D eigenvalue weighted by molar-refractivity contribution is 5.69. The topological polar surface area (TPSA) is 26.3 Å². The highest BCUT2D eigenvalue weighted by atomic mass is 16.5. The number of hydrogen-bond donors (Lipinski definition) is 0. The first-order chi connectivity index (χ1) is 28.2. The fourth-order valence-electron chi connectivity index (χ4n) is 8.54. The zero-order chi connectivity index (χ0) is 41.2. The second kappa shape index (κ2) is 51.4. The summed E-state index contributed by atoms with van der Waals surface area (Å²) < 4.78 is 5.46. The van der Waals surface area contributed by atoms with Crippen LogP contribution in [0.15, 0.2) is 12.2 Å². The van der Waals surface area contributed by atoms with E-state index in [0.717, 1.165) is 25.2 Å². The van der Waals surface area contributed by atoms with E-state index in [2.05, 4.69) is 32.9 Å². The Morgan fingerprint density at radius 3 is 0.930 bits per heavy atom. The molecule has 340 valence electrons. The third-order valence-electron chi connectivity index (χ3n) is 12.6. The molecule has 0 spiro atoms. The summed E-state index contributed by atoms with van der Waals surface area (Å²) in [6, 6.07) is 0. The minimum absolute atomic E-state index is 0.0188. The number of allylic oxidation sites excluding steroid dienone is 2. The van der Waals surface area contributed by atoms with Gasteiger partial charge in [0.1, 0.15) is 0 Å². The SMILES string of the molecule is CCCC/C=C\CCCCCCCC(=O)OCCCCCCCCCCCCCCCCCCCCCCCCCCCCCCCCCCCCCCC(C)C. The summed E-state index contributed by atoms with van der Waals surface area (Å²) in [6.07, 6.45) is 69.6. The third-order valence-corrected chi connectivity index (χ3v) is 12.6. The summed E-state index contributed by atoms with van der Waals surface area (Å²) in [4.78, 5) is 12.0. The Hall–Kier alpha value is -0.790. The molecule has 0 rings (SSSR count). The third kappa shape index (κ3) is 53.2. The van der Waals surface area contributed by atoms with E-state index in [4.69, 9.17) is 4.74 Å². The van der Waals surface area contributed by atoms with Crippen molar-refractivity contribution < 1.29 is 9.53 Å². The quantitative estimate of drug-likeness (QED) is 0.0348. The van der Waals surface area contributed by atoms with Crippen LogP contribution in [0.5, 0.6) is 0 Å². The molecule has 0 N–H and O–H groups in total. The Kier molecular flexibility index (Phi) is 50.6. The summed E-state index contributed by atoms with van der Waals surface area (Å²) in [7, 11) is 0. The van der Waals surface area contributed by atoms with Crippen LogP contribution in [0, 0.1) is 5.92 Å². The average molecular weight is 801 g/mol. The van der Waals surface area contributed by atoms with Gasteiger partial charge in [0.15, 0.2) is 0 Å². The van der Waals surface area contributed by atoms with Gasteiger partial charge >= 0.3 is 5.97 Å². The Morgan fingerprint density at radius 2 is 0.614 bits per heavy atom. The van der Waals surface area contributed by atoms with Crippen LogP contribution in [0.3, 0.4) is 0 Å². The zero-order valence-corrected chi connectivity index (χ0v) is 40.0. The molecule has 0 fully saturated rings. The zero-order valence-electron chi connectivity index (χ0n) is 40.0. The Balaban J connectivity index is 3.12. The van der Waals surface area contributed by atoms with Crippen LogP contribution in [0.2, 0.25) is 0 Å². The van der Waals surface area contributed by atoms with Crippen LogP contribution in [-0.4, -0.2) is 12.6 Å². The molecule has 0 aliphatic carbocycles. The Morgan fingerprint density at radius 1 is 0.351 bits per heavy atom. The largest absolute Gasteiger partial charge is 0.466 e. The normalized spacial score (nSPS) is 11.8. The van der Waals surface area contributed by atoms with Gasteiger partial charge in [-0.1, -0.05) is 296 Å². The van der Waals surface area contributed by atoms with Crippen LogP contribution >= 0.6 is 0 Å². The number of carbonyl (C=O) groups excluding carboxylic acids is 1. The molecule has 0 radical (unpaired) electrons. The molecule has 2 heteroatoms. The summed E-state index contributed by atoms with van der Waals surface area (Å²) in [5.41, 5.74) is 0. The van der Waals surface area contributed by atoms with Crippen molar-refractivity contribution in [2.24, 2.45) is 5.92 Å². The van der Waals surface area contributed by atoms with Crippen molar-refractivity contribution in [1.29, 1.82) is 0 Å². The molecule has 57 heavy (non-hydrogen) atoms. The molecule has 0 atom stereocenters. The van der Waals surface area contributed by atoms with Crippen LogP contribution in [-0.2, 0) is 9.53 Å². The summed E-state index contributed by atoms with van der Waals surface area (Å²) in [5.74, 6) is 0.909. The standard InChI is InChI=1S/C55H108O2/c1-4-5-6-7-8-9-36-40-43-46-49-52-55(56)57-53-50-47-44-41-38-35-33-31-29-27-25-23-21-19-17-15-13-11-10-12-14-16-18-20-22-24-26-28-30-32-34-37-39-42-45-48-51-54(2)3/h7-8,54H,4-6,9-53H2,1-3H3/b8-7-. The van der Waals surface area contributed by atoms with Crippen molar-refractivity contribution in [3.8, 4) is 0 Å². The molecule has 0 aromatic rings. The van der Waals surface area contributed by atoms with E-state index in [1.165, 1.54) is 276 Å². The highest BCUT2D eigenvalue weighted by Crippen LogP contribution is 2.18. The highest BCUT2D eigenvalue weighted by Gasteiger charge is 2.03.